The fourth-order valence-corrected chi connectivity index (χ4v) is 2.72. The van der Waals surface area contributed by atoms with Crippen molar-refractivity contribution in [2.24, 2.45) is 0 Å². The molecular weight excluding hydrogens is 318 g/mol. The number of nitrogens with one attached hydrogen (secondary N) is 1. The number of non-ortho nitro benzene ring substituents is 1. The number of carbonyl (C=O) groups is 1. The van der Waals surface area contributed by atoms with E-state index in [9.17, 15) is 14.9 Å². The summed E-state index contributed by atoms with van der Waals surface area (Å²) in [6, 6.07) is 7.20. The number of thiazole rings is 1. The second kappa shape index (κ2) is 5.15. The number of nitrogens with zero attached hydrogens (tertiary/aromatic N) is 2. The molecule has 3 rings (SSSR count). The van der Waals surface area contributed by atoms with E-state index in [4.69, 9.17) is 16.0 Å². The highest BCUT2D eigenvalue weighted by Gasteiger charge is 2.15. The second-order valence-corrected chi connectivity index (χ2v) is 5.39. The molecule has 3 aromatic rings. The lowest BCUT2D eigenvalue weighted by atomic mass is 10.3. The second-order valence-electron chi connectivity index (χ2n) is 3.99. The Morgan fingerprint density at radius 1 is 1.38 bits per heavy atom. The van der Waals surface area contributed by atoms with E-state index in [0.717, 1.165) is 11.3 Å². The Hall–Kier alpha value is -2.45. The van der Waals surface area contributed by atoms with Crippen molar-refractivity contribution < 1.29 is 14.1 Å². The van der Waals surface area contributed by atoms with Crippen molar-refractivity contribution in [3.8, 4) is 0 Å². The summed E-state index contributed by atoms with van der Waals surface area (Å²) in [6.45, 7) is 0. The molecular formula is C12H6ClN3O4S. The first kappa shape index (κ1) is 13.5. The van der Waals surface area contributed by atoms with E-state index >= 15 is 0 Å². The van der Waals surface area contributed by atoms with Gasteiger partial charge in [0.05, 0.1) is 15.1 Å². The zero-order chi connectivity index (χ0) is 15.0. The molecule has 0 saturated heterocycles. The van der Waals surface area contributed by atoms with Crippen LogP contribution in [0.5, 0.6) is 0 Å². The summed E-state index contributed by atoms with van der Waals surface area (Å²) in [4.78, 5) is 26.3. The lowest BCUT2D eigenvalue weighted by molar-refractivity contribution is -0.384. The van der Waals surface area contributed by atoms with Gasteiger partial charge in [-0.3, -0.25) is 20.2 Å². The van der Waals surface area contributed by atoms with E-state index in [1.807, 2.05) is 0 Å². The Balaban J connectivity index is 1.87. The fourth-order valence-electron chi connectivity index (χ4n) is 1.68. The molecule has 7 nitrogen and oxygen atoms in total. The maximum atomic E-state index is 11.9. The molecule has 0 bridgehead atoms. The number of fused-ring (bicyclic) bond motifs is 1. The molecule has 21 heavy (non-hydrogen) atoms. The number of hydrogen-bond acceptors (Lipinski definition) is 6. The molecule has 9 heteroatoms. The van der Waals surface area contributed by atoms with Gasteiger partial charge in [0.1, 0.15) is 0 Å². The van der Waals surface area contributed by atoms with Gasteiger partial charge in [0.25, 0.3) is 11.6 Å². The number of carbonyl (C=O) groups excluding carboxylic acids is 1. The zero-order valence-electron chi connectivity index (χ0n) is 10.2. The standard InChI is InChI=1S/C12H6ClN3O4S/c13-10-4-3-8(20-10)11(17)15-12-14-7-2-1-6(16(18)19)5-9(7)21-12/h1-5H,(H,14,15,17). The number of nitro groups is 1. The van der Waals surface area contributed by atoms with Gasteiger partial charge in [-0.05, 0) is 29.8 Å². The Bertz CT molecular complexity index is 857. The predicted octanol–water partition coefficient (Wildman–Crippen LogP) is 3.70. The number of anilines is 1. The Morgan fingerprint density at radius 3 is 2.86 bits per heavy atom. The van der Waals surface area contributed by atoms with Gasteiger partial charge in [-0.1, -0.05) is 11.3 Å². The number of aromatic nitrogens is 1. The first-order chi connectivity index (χ1) is 10.0. The molecule has 2 heterocycles. The van der Waals surface area contributed by atoms with Crippen LogP contribution in [0.1, 0.15) is 10.6 Å². The summed E-state index contributed by atoms with van der Waals surface area (Å²) in [5, 5.41) is 13.7. The molecule has 1 amide bonds. The Kier molecular flexibility index (Phi) is 3.32. The highest BCUT2D eigenvalue weighted by molar-refractivity contribution is 7.22. The number of nitro benzene ring substituents is 1. The maximum Gasteiger partial charge on any atom is 0.293 e. The van der Waals surface area contributed by atoms with Crippen molar-refractivity contribution in [2.75, 3.05) is 5.32 Å². The predicted molar refractivity (Wildman–Crippen MR) is 77.9 cm³/mol. The number of rotatable bonds is 3. The molecule has 1 N–H and O–H groups in total. The van der Waals surface area contributed by atoms with E-state index in [-0.39, 0.29) is 16.7 Å². The molecule has 0 aliphatic heterocycles. The third-order valence-electron chi connectivity index (χ3n) is 2.60. The van der Waals surface area contributed by atoms with E-state index in [1.54, 1.807) is 0 Å². The van der Waals surface area contributed by atoms with Crippen molar-refractivity contribution in [3.05, 3.63) is 51.4 Å². The summed E-state index contributed by atoms with van der Waals surface area (Å²) >= 11 is 6.73. The number of amides is 1. The van der Waals surface area contributed by atoms with Gasteiger partial charge in [-0.15, -0.1) is 0 Å². The molecule has 0 spiro atoms. The molecule has 0 radical (unpaired) electrons. The summed E-state index contributed by atoms with van der Waals surface area (Å²) in [6.07, 6.45) is 0. The largest absolute Gasteiger partial charge is 0.440 e. The molecule has 0 saturated carbocycles. The van der Waals surface area contributed by atoms with Crippen LogP contribution in [0.2, 0.25) is 5.22 Å². The summed E-state index contributed by atoms with van der Waals surface area (Å²) in [5.74, 6) is -0.430. The average Bonchev–Trinajstić information content (AvgIpc) is 3.03. The summed E-state index contributed by atoms with van der Waals surface area (Å²) < 4.78 is 5.59. The number of halogens is 1. The summed E-state index contributed by atoms with van der Waals surface area (Å²) in [7, 11) is 0. The molecule has 0 atom stereocenters. The van der Waals surface area contributed by atoms with Crippen molar-refractivity contribution in [3.63, 3.8) is 0 Å². The van der Waals surface area contributed by atoms with Gasteiger partial charge in [-0.25, -0.2) is 4.98 Å². The minimum absolute atomic E-state index is 0.0261. The molecule has 0 aliphatic rings. The monoisotopic (exact) mass is 323 g/mol. The van der Waals surface area contributed by atoms with Crippen LogP contribution in [0.15, 0.2) is 34.7 Å². The van der Waals surface area contributed by atoms with Gasteiger partial charge < -0.3 is 4.42 Å². The van der Waals surface area contributed by atoms with Gasteiger partial charge in [0.15, 0.2) is 16.1 Å². The normalized spacial score (nSPS) is 10.7. The quantitative estimate of drug-likeness (QED) is 0.585. The fraction of sp³-hybridized carbons (Fsp3) is 0. The van der Waals surface area contributed by atoms with Crippen molar-refractivity contribution >= 4 is 49.9 Å². The topological polar surface area (TPSA) is 98.3 Å². The lowest BCUT2D eigenvalue weighted by Crippen LogP contribution is -2.10. The zero-order valence-corrected chi connectivity index (χ0v) is 11.8. The highest BCUT2D eigenvalue weighted by atomic mass is 35.5. The van der Waals surface area contributed by atoms with Crippen molar-refractivity contribution in [1.29, 1.82) is 0 Å². The number of hydrogen-bond donors (Lipinski definition) is 1. The smallest absolute Gasteiger partial charge is 0.293 e. The Labute approximate surface area is 126 Å². The van der Waals surface area contributed by atoms with E-state index in [0.29, 0.717) is 15.3 Å². The molecule has 0 aliphatic carbocycles. The maximum absolute atomic E-state index is 11.9. The first-order valence-corrected chi connectivity index (χ1v) is 6.84. The van der Waals surface area contributed by atoms with Crippen LogP contribution in [0.4, 0.5) is 10.8 Å². The van der Waals surface area contributed by atoms with Crippen LogP contribution >= 0.6 is 22.9 Å². The average molecular weight is 324 g/mol. The van der Waals surface area contributed by atoms with Crippen LogP contribution < -0.4 is 5.32 Å². The van der Waals surface area contributed by atoms with Gasteiger partial charge in [0.2, 0.25) is 0 Å². The minimum Gasteiger partial charge on any atom is -0.440 e. The van der Waals surface area contributed by atoms with Crippen molar-refractivity contribution in [2.45, 2.75) is 0 Å². The van der Waals surface area contributed by atoms with Crippen LogP contribution in [-0.4, -0.2) is 15.8 Å². The third kappa shape index (κ3) is 2.71. The molecule has 106 valence electrons. The van der Waals surface area contributed by atoms with E-state index < -0.39 is 10.8 Å². The third-order valence-corrected chi connectivity index (χ3v) is 3.74. The van der Waals surface area contributed by atoms with E-state index in [2.05, 4.69) is 10.3 Å². The number of furan rings is 1. The molecule has 1 aromatic carbocycles. The van der Waals surface area contributed by atoms with Crippen LogP contribution in [-0.2, 0) is 0 Å². The van der Waals surface area contributed by atoms with Gasteiger partial charge >= 0.3 is 0 Å². The van der Waals surface area contributed by atoms with Crippen LogP contribution in [0, 0.1) is 10.1 Å². The van der Waals surface area contributed by atoms with Crippen LogP contribution in [0.25, 0.3) is 10.2 Å². The molecule has 0 fully saturated rings. The number of benzene rings is 1. The first-order valence-electron chi connectivity index (χ1n) is 5.64. The lowest BCUT2D eigenvalue weighted by Gasteiger charge is -1.96. The molecule has 2 aromatic heterocycles. The van der Waals surface area contributed by atoms with Gasteiger partial charge in [0, 0.05) is 12.1 Å². The Morgan fingerprint density at radius 2 is 2.19 bits per heavy atom. The van der Waals surface area contributed by atoms with Crippen LogP contribution in [0.3, 0.4) is 0 Å². The minimum atomic E-state index is -0.490. The van der Waals surface area contributed by atoms with Gasteiger partial charge in [-0.2, -0.15) is 0 Å². The molecule has 0 unspecified atom stereocenters. The van der Waals surface area contributed by atoms with E-state index in [1.165, 1.54) is 30.3 Å². The van der Waals surface area contributed by atoms with Crippen molar-refractivity contribution in [1.82, 2.24) is 4.98 Å². The SMILES string of the molecule is O=C(Nc1nc2ccc([N+](=O)[O-])cc2s1)c1ccc(Cl)o1. The summed E-state index contributed by atoms with van der Waals surface area (Å²) in [5.41, 5.74) is 0.542. The highest BCUT2D eigenvalue weighted by Crippen LogP contribution is 2.29.